The Labute approximate surface area is 111 Å². The summed E-state index contributed by atoms with van der Waals surface area (Å²) >= 11 is 4.64. The second-order valence-corrected chi connectivity index (χ2v) is 5.18. The summed E-state index contributed by atoms with van der Waals surface area (Å²) < 4.78 is 14.2. The molecule has 0 saturated heterocycles. The highest BCUT2D eigenvalue weighted by molar-refractivity contribution is 9.10. The first-order chi connectivity index (χ1) is 8.16. The Bertz CT molecular complexity index is 574. The minimum atomic E-state index is -0.330. The lowest BCUT2D eigenvalue weighted by Gasteiger charge is -1.94. The third kappa shape index (κ3) is 3.11. The average Bonchev–Trinajstić information content (AvgIpc) is 2.74. The molecular weight excluding hydrogens is 303 g/mol. The molecule has 0 saturated carbocycles. The van der Waals surface area contributed by atoms with Crippen LogP contribution in [0, 0.1) is 5.82 Å². The van der Waals surface area contributed by atoms with E-state index in [1.807, 2.05) is 5.38 Å². The quantitative estimate of drug-likeness (QED) is 0.600. The first kappa shape index (κ1) is 12.2. The van der Waals surface area contributed by atoms with Crippen LogP contribution in [0.5, 0.6) is 0 Å². The van der Waals surface area contributed by atoms with E-state index in [-0.39, 0.29) is 11.6 Å². The molecular formula is C13H8BrFOS. The van der Waals surface area contributed by atoms with Crippen molar-refractivity contribution in [2.45, 2.75) is 0 Å². The number of carbonyl (C=O) groups is 1. The maximum Gasteiger partial charge on any atom is 0.195 e. The van der Waals surface area contributed by atoms with Crippen LogP contribution in [-0.2, 0) is 0 Å². The highest BCUT2D eigenvalue weighted by atomic mass is 79.9. The van der Waals surface area contributed by atoms with Crippen molar-refractivity contribution in [3.8, 4) is 0 Å². The molecule has 0 amide bonds. The van der Waals surface area contributed by atoms with Crippen LogP contribution in [0.15, 0.2) is 46.3 Å². The molecule has 1 aromatic heterocycles. The van der Waals surface area contributed by atoms with Crippen LogP contribution in [0.2, 0.25) is 0 Å². The predicted molar refractivity (Wildman–Crippen MR) is 71.8 cm³/mol. The average molecular weight is 311 g/mol. The number of allylic oxidation sites excluding steroid dienone is 1. The van der Waals surface area contributed by atoms with E-state index in [2.05, 4.69) is 15.9 Å². The van der Waals surface area contributed by atoms with Crippen LogP contribution in [0.25, 0.3) is 6.08 Å². The number of benzene rings is 1. The summed E-state index contributed by atoms with van der Waals surface area (Å²) in [6.07, 6.45) is 2.88. The second-order valence-electron chi connectivity index (χ2n) is 3.35. The minimum Gasteiger partial charge on any atom is -0.288 e. The molecule has 4 heteroatoms. The van der Waals surface area contributed by atoms with Gasteiger partial charge in [-0.15, -0.1) is 11.3 Å². The zero-order valence-electron chi connectivity index (χ0n) is 8.69. The fourth-order valence-corrected chi connectivity index (χ4v) is 2.65. The van der Waals surface area contributed by atoms with Gasteiger partial charge in [0.1, 0.15) is 5.82 Å². The molecule has 0 N–H and O–H groups in total. The Balaban J connectivity index is 2.17. The summed E-state index contributed by atoms with van der Waals surface area (Å²) in [7, 11) is 0. The van der Waals surface area contributed by atoms with Gasteiger partial charge in [-0.3, -0.25) is 4.79 Å². The van der Waals surface area contributed by atoms with Crippen LogP contribution >= 0.6 is 27.3 Å². The third-order valence-electron chi connectivity index (χ3n) is 2.13. The Kier molecular flexibility index (Phi) is 3.86. The van der Waals surface area contributed by atoms with Crippen molar-refractivity contribution in [3.63, 3.8) is 0 Å². The zero-order chi connectivity index (χ0) is 12.3. The number of hydrogen-bond donors (Lipinski definition) is 0. The molecule has 0 bridgehead atoms. The minimum absolute atomic E-state index is 0.121. The highest BCUT2D eigenvalue weighted by Gasteiger charge is 2.05. The van der Waals surface area contributed by atoms with E-state index >= 15 is 0 Å². The lowest BCUT2D eigenvalue weighted by atomic mass is 10.2. The monoisotopic (exact) mass is 310 g/mol. The zero-order valence-corrected chi connectivity index (χ0v) is 11.1. The Morgan fingerprint density at radius 3 is 2.76 bits per heavy atom. The third-order valence-corrected chi connectivity index (χ3v) is 3.84. The van der Waals surface area contributed by atoms with E-state index in [0.29, 0.717) is 10.4 Å². The van der Waals surface area contributed by atoms with Gasteiger partial charge in [-0.2, -0.15) is 0 Å². The molecule has 1 heterocycles. The van der Waals surface area contributed by atoms with Gasteiger partial charge in [0.05, 0.1) is 4.88 Å². The topological polar surface area (TPSA) is 17.1 Å². The predicted octanol–water partition coefficient (Wildman–Crippen LogP) is 4.55. The summed E-state index contributed by atoms with van der Waals surface area (Å²) in [5.41, 5.74) is 0.413. The molecule has 0 aliphatic carbocycles. The maximum absolute atomic E-state index is 13.3. The molecule has 17 heavy (non-hydrogen) atoms. The molecule has 1 aromatic carbocycles. The van der Waals surface area contributed by atoms with Crippen molar-refractivity contribution in [1.29, 1.82) is 0 Å². The fraction of sp³-hybridized carbons (Fsp3) is 0. The van der Waals surface area contributed by atoms with Gasteiger partial charge in [0.15, 0.2) is 5.78 Å². The van der Waals surface area contributed by atoms with Crippen LogP contribution < -0.4 is 0 Å². The van der Waals surface area contributed by atoms with E-state index in [9.17, 15) is 9.18 Å². The van der Waals surface area contributed by atoms with E-state index in [4.69, 9.17) is 0 Å². The van der Waals surface area contributed by atoms with Crippen molar-refractivity contribution >= 4 is 39.1 Å². The Hall–Kier alpha value is -1.26. The number of carbonyl (C=O) groups excluding carboxylic acids is 1. The molecule has 0 spiro atoms. The summed E-state index contributed by atoms with van der Waals surface area (Å²) in [4.78, 5) is 12.4. The van der Waals surface area contributed by atoms with Gasteiger partial charge in [-0.1, -0.05) is 18.2 Å². The van der Waals surface area contributed by atoms with Gasteiger partial charge in [-0.25, -0.2) is 4.39 Å². The lowest BCUT2D eigenvalue weighted by Crippen LogP contribution is -1.89. The second kappa shape index (κ2) is 5.38. The standard InChI is InChI=1S/C13H8BrFOS/c14-10-7-13(17-8-10)12(16)6-5-9-3-1-2-4-11(9)15/h1-8H/b6-5+. The van der Waals surface area contributed by atoms with Gasteiger partial charge >= 0.3 is 0 Å². The van der Waals surface area contributed by atoms with E-state index in [0.717, 1.165) is 4.47 Å². The number of halogens is 2. The number of rotatable bonds is 3. The van der Waals surface area contributed by atoms with E-state index in [1.54, 1.807) is 24.3 Å². The van der Waals surface area contributed by atoms with Crippen LogP contribution in [-0.4, -0.2) is 5.78 Å². The molecule has 0 radical (unpaired) electrons. The number of hydrogen-bond acceptors (Lipinski definition) is 2. The SMILES string of the molecule is O=C(/C=C/c1ccccc1F)c1cc(Br)cs1. The van der Waals surface area contributed by atoms with Crippen LogP contribution in [0.1, 0.15) is 15.2 Å². The highest BCUT2D eigenvalue weighted by Crippen LogP contribution is 2.20. The molecule has 2 rings (SSSR count). The number of ketones is 1. The van der Waals surface area contributed by atoms with Gasteiger partial charge in [0.25, 0.3) is 0 Å². The van der Waals surface area contributed by atoms with Crippen LogP contribution in [0.4, 0.5) is 4.39 Å². The molecule has 0 fully saturated rings. The van der Waals surface area contributed by atoms with Crippen molar-refractivity contribution in [3.05, 3.63) is 62.5 Å². The molecule has 0 aliphatic rings. The molecule has 0 aliphatic heterocycles. The van der Waals surface area contributed by atoms with Crippen molar-refractivity contribution in [1.82, 2.24) is 0 Å². The molecule has 0 atom stereocenters. The van der Waals surface area contributed by atoms with Gasteiger partial charge < -0.3 is 0 Å². The Morgan fingerprint density at radius 2 is 2.12 bits per heavy atom. The smallest absolute Gasteiger partial charge is 0.195 e. The summed E-state index contributed by atoms with van der Waals surface area (Å²) in [5, 5.41) is 1.84. The largest absolute Gasteiger partial charge is 0.288 e. The van der Waals surface area contributed by atoms with Crippen molar-refractivity contribution in [2.75, 3.05) is 0 Å². The normalized spacial score (nSPS) is 10.9. The fourth-order valence-electron chi connectivity index (χ4n) is 1.30. The van der Waals surface area contributed by atoms with Crippen molar-refractivity contribution in [2.24, 2.45) is 0 Å². The van der Waals surface area contributed by atoms with Gasteiger partial charge in [0, 0.05) is 15.4 Å². The number of thiophene rings is 1. The van der Waals surface area contributed by atoms with E-state index in [1.165, 1.54) is 29.6 Å². The van der Waals surface area contributed by atoms with Crippen LogP contribution in [0.3, 0.4) is 0 Å². The Morgan fingerprint density at radius 1 is 1.35 bits per heavy atom. The summed E-state index contributed by atoms with van der Waals surface area (Å²) in [6.45, 7) is 0. The molecule has 1 nitrogen and oxygen atoms in total. The van der Waals surface area contributed by atoms with Gasteiger partial charge in [-0.05, 0) is 40.2 Å². The first-order valence-electron chi connectivity index (χ1n) is 4.88. The van der Waals surface area contributed by atoms with E-state index < -0.39 is 0 Å². The summed E-state index contributed by atoms with van der Waals surface area (Å²) in [5.74, 6) is -0.451. The maximum atomic E-state index is 13.3. The first-order valence-corrected chi connectivity index (χ1v) is 6.55. The summed E-state index contributed by atoms with van der Waals surface area (Å²) in [6, 6.07) is 8.09. The molecule has 0 unspecified atom stereocenters. The van der Waals surface area contributed by atoms with Gasteiger partial charge in [0.2, 0.25) is 0 Å². The lowest BCUT2D eigenvalue weighted by molar-refractivity contribution is 0.105. The van der Waals surface area contributed by atoms with Crippen molar-refractivity contribution < 1.29 is 9.18 Å². The molecule has 86 valence electrons. The molecule has 2 aromatic rings.